The van der Waals surface area contributed by atoms with Crippen molar-refractivity contribution in [3.05, 3.63) is 18.3 Å². The van der Waals surface area contributed by atoms with Crippen LogP contribution >= 0.6 is 0 Å². The van der Waals surface area contributed by atoms with Gasteiger partial charge in [0.15, 0.2) is 0 Å². The number of nitrogens with one attached hydrogen (secondary N) is 2. The van der Waals surface area contributed by atoms with Crippen LogP contribution in [0.1, 0.15) is 6.42 Å². The number of carbonyl (C=O) groups is 1. The smallest absolute Gasteiger partial charge is 0.401 e. The van der Waals surface area contributed by atoms with Crippen LogP contribution in [-0.4, -0.2) is 55.4 Å². The largest absolute Gasteiger partial charge is 0.481 e. The van der Waals surface area contributed by atoms with E-state index in [4.69, 9.17) is 4.74 Å². The van der Waals surface area contributed by atoms with E-state index >= 15 is 0 Å². The lowest BCUT2D eigenvalue weighted by atomic mass is 10.1. The Morgan fingerprint density at radius 2 is 2.26 bits per heavy atom. The Balaban J connectivity index is 1.70. The second kappa shape index (κ2) is 7.49. The Kier molecular flexibility index (Phi) is 5.64. The maximum atomic E-state index is 12.3. The first-order valence-electron chi connectivity index (χ1n) is 7.20. The molecule has 0 spiro atoms. The Labute approximate surface area is 132 Å². The molecule has 1 aromatic heterocycles. The van der Waals surface area contributed by atoms with E-state index in [1.165, 1.54) is 18.2 Å². The van der Waals surface area contributed by atoms with Gasteiger partial charge >= 0.3 is 12.2 Å². The fraction of sp³-hybridized carbons (Fsp3) is 0.571. The summed E-state index contributed by atoms with van der Waals surface area (Å²) in [6, 6.07) is 2.85. The number of methoxy groups -OCH3 is 1. The fourth-order valence-electron chi connectivity index (χ4n) is 2.46. The SMILES string of the molecule is COc1ccc(NC(=O)NC[C@H]2CCN(CC(F)(F)F)C2)cn1. The van der Waals surface area contributed by atoms with Gasteiger partial charge in [-0.2, -0.15) is 13.2 Å². The number of ether oxygens (including phenoxy) is 1. The number of carbonyl (C=O) groups excluding carboxylic acids is 1. The molecule has 128 valence electrons. The average molecular weight is 332 g/mol. The van der Waals surface area contributed by atoms with Crippen molar-refractivity contribution in [2.45, 2.75) is 12.6 Å². The maximum Gasteiger partial charge on any atom is 0.401 e. The zero-order valence-electron chi connectivity index (χ0n) is 12.7. The van der Waals surface area contributed by atoms with Gasteiger partial charge in [0.05, 0.1) is 25.5 Å². The minimum Gasteiger partial charge on any atom is -0.481 e. The number of alkyl halides is 3. The standard InChI is InChI=1S/C14H19F3N4O2/c1-23-12-3-2-11(7-18-12)20-13(22)19-6-10-4-5-21(8-10)9-14(15,16)17/h2-3,7,10H,4-6,8-9H2,1H3,(H2,19,20,22)/t10-/m1/s1. The maximum absolute atomic E-state index is 12.3. The van der Waals surface area contributed by atoms with E-state index in [2.05, 4.69) is 15.6 Å². The van der Waals surface area contributed by atoms with Gasteiger partial charge in [0.2, 0.25) is 5.88 Å². The van der Waals surface area contributed by atoms with Crippen LogP contribution < -0.4 is 15.4 Å². The highest BCUT2D eigenvalue weighted by Gasteiger charge is 2.34. The molecule has 1 fully saturated rings. The van der Waals surface area contributed by atoms with Crippen LogP contribution in [0, 0.1) is 5.92 Å². The van der Waals surface area contributed by atoms with E-state index in [1.807, 2.05) is 0 Å². The van der Waals surface area contributed by atoms with Crippen molar-refractivity contribution in [3.63, 3.8) is 0 Å². The molecule has 1 aliphatic heterocycles. The van der Waals surface area contributed by atoms with E-state index in [0.29, 0.717) is 37.6 Å². The zero-order valence-corrected chi connectivity index (χ0v) is 12.7. The molecule has 0 aromatic carbocycles. The number of hydrogen-bond acceptors (Lipinski definition) is 4. The summed E-state index contributed by atoms with van der Waals surface area (Å²) in [6.45, 7) is 0.177. The normalized spacial score (nSPS) is 18.7. The number of likely N-dealkylation sites (tertiary alicyclic amines) is 1. The molecule has 6 nitrogen and oxygen atoms in total. The Morgan fingerprint density at radius 1 is 1.48 bits per heavy atom. The van der Waals surface area contributed by atoms with Crippen LogP contribution in [-0.2, 0) is 0 Å². The fourth-order valence-corrected chi connectivity index (χ4v) is 2.46. The number of anilines is 1. The Morgan fingerprint density at radius 3 is 2.87 bits per heavy atom. The van der Waals surface area contributed by atoms with Crippen molar-refractivity contribution in [1.29, 1.82) is 0 Å². The number of nitrogens with zero attached hydrogens (tertiary/aromatic N) is 2. The molecule has 2 amide bonds. The van der Waals surface area contributed by atoms with Gasteiger partial charge in [-0.05, 0) is 24.9 Å². The molecule has 1 aliphatic rings. The molecule has 0 radical (unpaired) electrons. The molecule has 9 heteroatoms. The van der Waals surface area contributed by atoms with Crippen LogP contribution in [0.2, 0.25) is 0 Å². The lowest BCUT2D eigenvalue weighted by Crippen LogP contribution is -2.36. The van der Waals surface area contributed by atoms with Crippen molar-refractivity contribution in [2.24, 2.45) is 5.92 Å². The monoisotopic (exact) mass is 332 g/mol. The molecule has 1 saturated heterocycles. The molecule has 23 heavy (non-hydrogen) atoms. The molecule has 0 unspecified atom stereocenters. The molecule has 2 rings (SSSR count). The van der Waals surface area contributed by atoms with Gasteiger partial charge in [-0.15, -0.1) is 0 Å². The molecule has 0 aliphatic carbocycles. The molecule has 1 atom stereocenters. The van der Waals surface area contributed by atoms with E-state index in [1.54, 1.807) is 12.1 Å². The number of pyridine rings is 1. The zero-order chi connectivity index (χ0) is 16.9. The summed E-state index contributed by atoms with van der Waals surface area (Å²) in [5, 5.41) is 5.27. The van der Waals surface area contributed by atoms with Crippen molar-refractivity contribution in [1.82, 2.24) is 15.2 Å². The molecule has 0 bridgehead atoms. The first-order valence-corrected chi connectivity index (χ1v) is 7.20. The van der Waals surface area contributed by atoms with Crippen LogP contribution in [0.25, 0.3) is 0 Å². The van der Waals surface area contributed by atoms with Gasteiger partial charge in [-0.1, -0.05) is 0 Å². The first-order chi connectivity index (χ1) is 10.9. The molecular weight excluding hydrogens is 313 g/mol. The highest BCUT2D eigenvalue weighted by molar-refractivity contribution is 5.88. The highest BCUT2D eigenvalue weighted by atomic mass is 19.4. The molecule has 1 aromatic rings. The lowest BCUT2D eigenvalue weighted by molar-refractivity contribution is -0.143. The Bertz CT molecular complexity index is 522. The minimum atomic E-state index is -4.18. The van der Waals surface area contributed by atoms with Crippen LogP contribution in [0.5, 0.6) is 5.88 Å². The second-order valence-electron chi connectivity index (χ2n) is 5.43. The van der Waals surface area contributed by atoms with E-state index in [0.717, 1.165) is 0 Å². The Hall–Kier alpha value is -2.03. The van der Waals surface area contributed by atoms with E-state index < -0.39 is 18.8 Å². The average Bonchev–Trinajstić information content (AvgIpc) is 2.91. The molecule has 2 heterocycles. The van der Waals surface area contributed by atoms with Crippen molar-refractivity contribution in [3.8, 4) is 5.88 Å². The van der Waals surface area contributed by atoms with Crippen LogP contribution in [0.3, 0.4) is 0 Å². The van der Waals surface area contributed by atoms with Gasteiger partial charge in [0.1, 0.15) is 0 Å². The van der Waals surface area contributed by atoms with Gasteiger partial charge < -0.3 is 15.4 Å². The number of aromatic nitrogens is 1. The number of urea groups is 1. The predicted molar refractivity (Wildman–Crippen MR) is 78.4 cm³/mol. The van der Waals surface area contributed by atoms with E-state index in [9.17, 15) is 18.0 Å². The van der Waals surface area contributed by atoms with Crippen molar-refractivity contribution in [2.75, 3.05) is 38.6 Å². The number of amides is 2. The summed E-state index contributed by atoms with van der Waals surface area (Å²) < 4.78 is 41.8. The minimum absolute atomic E-state index is 0.0251. The van der Waals surface area contributed by atoms with Gasteiger partial charge in [-0.25, -0.2) is 9.78 Å². The number of hydrogen-bond donors (Lipinski definition) is 2. The highest BCUT2D eigenvalue weighted by Crippen LogP contribution is 2.22. The topological polar surface area (TPSA) is 66.5 Å². The van der Waals surface area contributed by atoms with Crippen LogP contribution in [0.15, 0.2) is 18.3 Å². The summed E-state index contributed by atoms with van der Waals surface area (Å²) in [5.74, 6) is 0.462. The quantitative estimate of drug-likeness (QED) is 0.867. The summed E-state index contributed by atoms with van der Waals surface area (Å²) in [6.07, 6.45) is -2.08. The first kappa shape index (κ1) is 17.3. The molecular formula is C14H19F3N4O2. The molecule has 0 saturated carbocycles. The van der Waals surface area contributed by atoms with Crippen molar-refractivity contribution < 1.29 is 22.7 Å². The number of rotatable bonds is 5. The summed E-state index contributed by atoms with van der Waals surface area (Å²) in [7, 11) is 1.49. The number of halogens is 3. The second-order valence-corrected chi connectivity index (χ2v) is 5.43. The lowest BCUT2D eigenvalue weighted by Gasteiger charge is -2.18. The summed E-state index contributed by atoms with van der Waals surface area (Å²) >= 11 is 0. The third-order valence-corrected chi connectivity index (χ3v) is 3.53. The summed E-state index contributed by atoms with van der Waals surface area (Å²) in [5.41, 5.74) is 0.508. The third-order valence-electron chi connectivity index (χ3n) is 3.53. The van der Waals surface area contributed by atoms with Gasteiger partial charge in [-0.3, -0.25) is 4.90 Å². The predicted octanol–water partition coefficient (Wildman–Crippen LogP) is 2.10. The van der Waals surface area contributed by atoms with Crippen LogP contribution in [0.4, 0.5) is 23.7 Å². The third kappa shape index (κ3) is 5.93. The summed E-state index contributed by atoms with van der Waals surface area (Å²) in [4.78, 5) is 17.1. The van der Waals surface area contributed by atoms with Gasteiger partial charge in [0, 0.05) is 19.2 Å². The molecule has 2 N–H and O–H groups in total. The van der Waals surface area contributed by atoms with Gasteiger partial charge in [0.25, 0.3) is 0 Å². The van der Waals surface area contributed by atoms with E-state index in [-0.39, 0.29) is 5.92 Å². The van der Waals surface area contributed by atoms with Crippen molar-refractivity contribution >= 4 is 11.7 Å².